The molecule has 0 saturated heterocycles. The molecule has 23 heavy (non-hydrogen) atoms. The highest BCUT2D eigenvalue weighted by Crippen LogP contribution is 2.36. The van der Waals surface area contributed by atoms with Crippen molar-refractivity contribution in [3.05, 3.63) is 24.3 Å². The minimum absolute atomic E-state index is 0.0397. The highest BCUT2D eigenvalue weighted by atomic mass is 16.4. The van der Waals surface area contributed by atoms with Crippen LogP contribution in [-0.4, -0.2) is 44.7 Å². The first kappa shape index (κ1) is 19.9. The Balaban J connectivity index is 2.54. The largest absolute Gasteiger partial charge is 0.481 e. The topological polar surface area (TPSA) is 98.0 Å². The normalized spacial score (nSPS) is 29.6. The van der Waals surface area contributed by atoms with Gasteiger partial charge in [-0.15, -0.1) is 0 Å². The first-order chi connectivity index (χ1) is 11.0. The number of unbranched alkanes of at least 4 members (excludes halogenated alkanes) is 2. The van der Waals surface area contributed by atoms with Crippen molar-refractivity contribution in [2.24, 2.45) is 11.8 Å². The van der Waals surface area contributed by atoms with Gasteiger partial charge in [0, 0.05) is 12.3 Å². The Bertz CT molecular complexity index is 404. The standard InChI is InChI=1S/C18H30O5/c1-2-3-4-7-13(19)10-11-15-14(16(20)12-17(15)21)8-5-6-9-18(22)23/h5-6,10-11,13-17,19-21H,2-4,7-9,12H2,1H3,(H,22,23)/b6-5+,11-10?/t13-,14-,15+,16-,17+/m0/s1. The Hall–Kier alpha value is -1.17. The van der Waals surface area contributed by atoms with Crippen LogP contribution in [0.25, 0.3) is 0 Å². The van der Waals surface area contributed by atoms with Crippen LogP contribution in [0.15, 0.2) is 24.3 Å². The SMILES string of the molecule is CCCCC[C@H](O)C=C[C@@H]1[C@H](C/C=C/CC(=O)O)[C@@H](O)C[C@H]1O. The summed E-state index contributed by atoms with van der Waals surface area (Å²) in [6.07, 6.45) is 9.77. The zero-order chi connectivity index (χ0) is 17.2. The Morgan fingerprint density at radius 3 is 2.61 bits per heavy atom. The number of carbonyl (C=O) groups is 1. The summed E-state index contributed by atoms with van der Waals surface area (Å²) in [5.41, 5.74) is 0. The zero-order valence-electron chi connectivity index (χ0n) is 13.8. The molecule has 5 atom stereocenters. The van der Waals surface area contributed by atoms with Crippen molar-refractivity contribution in [1.29, 1.82) is 0 Å². The van der Waals surface area contributed by atoms with Gasteiger partial charge in [-0.25, -0.2) is 0 Å². The maximum absolute atomic E-state index is 10.5. The fourth-order valence-electron chi connectivity index (χ4n) is 3.10. The van der Waals surface area contributed by atoms with Crippen LogP contribution in [0.2, 0.25) is 0 Å². The van der Waals surface area contributed by atoms with E-state index in [0.29, 0.717) is 19.3 Å². The van der Waals surface area contributed by atoms with Gasteiger partial charge in [-0.05, 0) is 18.8 Å². The van der Waals surface area contributed by atoms with E-state index in [1.807, 2.05) is 6.08 Å². The van der Waals surface area contributed by atoms with Gasteiger partial charge in [0.25, 0.3) is 0 Å². The number of hydrogen-bond donors (Lipinski definition) is 4. The summed E-state index contributed by atoms with van der Waals surface area (Å²) >= 11 is 0. The van der Waals surface area contributed by atoms with Gasteiger partial charge in [0.15, 0.2) is 0 Å². The molecule has 132 valence electrons. The smallest absolute Gasteiger partial charge is 0.307 e. The minimum atomic E-state index is -0.889. The van der Waals surface area contributed by atoms with E-state index in [1.54, 1.807) is 18.2 Å². The van der Waals surface area contributed by atoms with E-state index in [9.17, 15) is 20.1 Å². The first-order valence-corrected chi connectivity index (χ1v) is 8.55. The molecule has 4 N–H and O–H groups in total. The molecule has 0 unspecified atom stereocenters. The average Bonchev–Trinajstić information content (AvgIpc) is 2.75. The van der Waals surface area contributed by atoms with E-state index >= 15 is 0 Å². The van der Waals surface area contributed by atoms with E-state index < -0.39 is 24.3 Å². The number of aliphatic hydroxyl groups is 3. The Morgan fingerprint density at radius 1 is 1.22 bits per heavy atom. The highest BCUT2D eigenvalue weighted by Gasteiger charge is 2.39. The van der Waals surface area contributed by atoms with Crippen molar-refractivity contribution in [1.82, 2.24) is 0 Å². The first-order valence-electron chi connectivity index (χ1n) is 8.55. The molecule has 0 aromatic rings. The van der Waals surface area contributed by atoms with Gasteiger partial charge in [0.1, 0.15) is 0 Å². The number of rotatable bonds is 10. The molecule has 0 aromatic carbocycles. The third-order valence-corrected chi connectivity index (χ3v) is 4.44. The van der Waals surface area contributed by atoms with Crippen LogP contribution in [0.4, 0.5) is 0 Å². The van der Waals surface area contributed by atoms with E-state index in [0.717, 1.165) is 19.3 Å². The van der Waals surface area contributed by atoms with Crippen LogP contribution in [0, 0.1) is 11.8 Å². The van der Waals surface area contributed by atoms with Gasteiger partial charge < -0.3 is 20.4 Å². The minimum Gasteiger partial charge on any atom is -0.481 e. The summed E-state index contributed by atoms with van der Waals surface area (Å²) in [6.45, 7) is 2.11. The van der Waals surface area contributed by atoms with Crippen LogP contribution in [0.3, 0.4) is 0 Å². The summed E-state index contributed by atoms with van der Waals surface area (Å²) in [6, 6.07) is 0. The van der Waals surface area contributed by atoms with Gasteiger partial charge in [-0.3, -0.25) is 4.79 Å². The van der Waals surface area contributed by atoms with Crippen molar-refractivity contribution in [3.8, 4) is 0 Å². The molecule has 1 fully saturated rings. The molecule has 1 aliphatic rings. The van der Waals surface area contributed by atoms with Crippen LogP contribution < -0.4 is 0 Å². The third kappa shape index (κ3) is 7.29. The molecule has 1 saturated carbocycles. The van der Waals surface area contributed by atoms with E-state index in [2.05, 4.69) is 6.92 Å². The summed E-state index contributed by atoms with van der Waals surface area (Å²) < 4.78 is 0. The second-order valence-corrected chi connectivity index (χ2v) is 6.36. The second-order valence-electron chi connectivity index (χ2n) is 6.36. The van der Waals surface area contributed by atoms with Crippen molar-refractivity contribution < 1.29 is 25.2 Å². The lowest BCUT2D eigenvalue weighted by atomic mass is 9.89. The lowest BCUT2D eigenvalue weighted by Gasteiger charge is -2.19. The molecular formula is C18H30O5. The molecule has 0 amide bonds. The Kier molecular flexibility index (Phi) is 9.14. The number of carboxylic acids is 1. The summed E-state index contributed by atoms with van der Waals surface area (Å²) in [7, 11) is 0. The highest BCUT2D eigenvalue weighted by molar-refractivity contribution is 5.68. The van der Waals surface area contributed by atoms with Crippen molar-refractivity contribution >= 4 is 5.97 Å². The van der Waals surface area contributed by atoms with Gasteiger partial charge in [-0.2, -0.15) is 0 Å². The molecule has 0 spiro atoms. The summed E-state index contributed by atoms with van der Waals surface area (Å²) in [5.74, 6) is -1.24. The van der Waals surface area contributed by atoms with Gasteiger partial charge in [-0.1, -0.05) is 50.5 Å². The molecule has 1 aliphatic carbocycles. The molecule has 5 nitrogen and oxygen atoms in total. The maximum Gasteiger partial charge on any atom is 0.307 e. The summed E-state index contributed by atoms with van der Waals surface area (Å²) in [4.78, 5) is 10.5. The second kappa shape index (κ2) is 10.6. The fraction of sp³-hybridized carbons (Fsp3) is 0.722. The third-order valence-electron chi connectivity index (χ3n) is 4.44. The molecule has 0 aromatic heterocycles. The average molecular weight is 326 g/mol. The number of carboxylic acid groups (broad SMARTS) is 1. The predicted octanol–water partition coefficient (Wildman–Crippen LogP) is 2.26. The lowest BCUT2D eigenvalue weighted by molar-refractivity contribution is -0.136. The lowest BCUT2D eigenvalue weighted by Crippen LogP contribution is -2.20. The molecular weight excluding hydrogens is 296 g/mol. The molecule has 0 bridgehead atoms. The van der Waals surface area contributed by atoms with E-state index in [-0.39, 0.29) is 18.3 Å². The zero-order valence-corrected chi connectivity index (χ0v) is 13.8. The molecule has 5 heteroatoms. The number of hydrogen-bond acceptors (Lipinski definition) is 4. The van der Waals surface area contributed by atoms with Crippen molar-refractivity contribution in [2.75, 3.05) is 0 Å². The Labute approximate surface area is 138 Å². The molecule has 0 radical (unpaired) electrons. The Morgan fingerprint density at radius 2 is 1.96 bits per heavy atom. The van der Waals surface area contributed by atoms with Crippen LogP contribution in [0.1, 0.15) is 51.9 Å². The molecule has 1 rings (SSSR count). The monoisotopic (exact) mass is 326 g/mol. The number of aliphatic hydroxyl groups excluding tert-OH is 3. The molecule has 0 aliphatic heterocycles. The number of aliphatic carboxylic acids is 1. The maximum atomic E-state index is 10.5. The van der Waals surface area contributed by atoms with Crippen LogP contribution in [-0.2, 0) is 4.79 Å². The quantitative estimate of drug-likeness (QED) is 0.365. The van der Waals surface area contributed by atoms with Crippen LogP contribution in [0.5, 0.6) is 0 Å². The molecule has 0 heterocycles. The van der Waals surface area contributed by atoms with Crippen molar-refractivity contribution in [3.63, 3.8) is 0 Å². The van der Waals surface area contributed by atoms with Crippen molar-refractivity contribution in [2.45, 2.75) is 70.2 Å². The number of allylic oxidation sites excluding steroid dienone is 1. The van der Waals surface area contributed by atoms with Crippen LogP contribution >= 0.6 is 0 Å². The van der Waals surface area contributed by atoms with Gasteiger partial charge >= 0.3 is 5.97 Å². The fourth-order valence-corrected chi connectivity index (χ4v) is 3.10. The predicted molar refractivity (Wildman–Crippen MR) is 88.9 cm³/mol. The van der Waals surface area contributed by atoms with E-state index in [4.69, 9.17) is 5.11 Å². The summed E-state index contributed by atoms with van der Waals surface area (Å²) in [5, 5.41) is 38.7. The van der Waals surface area contributed by atoms with Gasteiger partial charge in [0.2, 0.25) is 0 Å². The van der Waals surface area contributed by atoms with E-state index in [1.165, 1.54) is 0 Å². The van der Waals surface area contributed by atoms with Gasteiger partial charge in [0.05, 0.1) is 24.7 Å².